The van der Waals surface area contributed by atoms with Crippen LogP contribution in [0, 0.1) is 19.7 Å². The molecule has 0 radical (unpaired) electrons. The Bertz CT molecular complexity index is 734. The van der Waals surface area contributed by atoms with E-state index in [1.807, 2.05) is 6.92 Å². The molecule has 1 aromatic carbocycles. The summed E-state index contributed by atoms with van der Waals surface area (Å²) < 4.78 is 41.1. The first-order chi connectivity index (χ1) is 9.85. The third-order valence-corrected chi connectivity index (χ3v) is 6.12. The molecule has 1 aromatic heterocycles. The fourth-order valence-corrected chi connectivity index (χ4v) is 4.64. The summed E-state index contributed by atoms with van der Waals surface area (Å²) >= 11 is 1.19. The minimum Gasteiger partial charge on any atom is -0.315 e. The van der Waals surface area contributed by atoms with Crippen molar-refractivity contribution in [3.63, 3.8) is 0 Å². The molecule has 0 aliphatic rings. The normalized spacial score (nSPS) is 11.6. The van der Waals surface area contributed by atoms with E-state index in [4.69, 9.17) is 0 Å². The first kappa shape index (κ1) is 15.9. The Balaban J connectivity index is 2.37. The number of hydrogen-bond acceptors (Lipinski definition) is 4. The van der Waals surface area contributed by atoms with E-state index in [-0.39, 0.29) is 9.90 Å². The van der Waals surface area contributed by atoms with Crippen molar-refractivity contribution in [1.29, 1.82) is 0 Å². The number of para-hydroxylation sites is 1. The van der Waals surface area contributed by atoms with E-state index in [0.717, 1.165) is 10.4 Å². The van der Waals surface area contributed by atoms with E-state index in [0.29, 0.717) is 12.1 Å². The van der Waals surface area contributed by atoms with Crippen molar-refractivity contribution in [3.8, 4) is 0 Å². The second-order valence-electron chi connectivity index (χ2n) is 4.74. The predicted molar refractivity (Wildman–Crippen MR) is 83.8 cm³/mol. The van der Waals surface area contributed by atoms with E-state index in [9.17, 15) is 12.8 Å². The van der Waals surface area contributed by atoms with Crippen LogP contribution in [0.25, 0.3) is 0 Å². The number of anilines is 1. The number of benzene rings is 1. The summed E-state index contributed by atoms with van der Waals surface area (Å²) in [5.74, 6) is -0.581. The second-order valence-corrected chi connectivity index (χ2v) is 7.79. The molecule has 0 atom stereocenters. The molecule has 2 rings (SSSR count). The van der Waals surface area contributed by atoms with Gasteiger partial charge in [-0.2, -0.15) is 0 Å². The Kier molecular flexibility index (Phi) is 4.65. The molecule has 4 nitrogen and oxygen atoms in total. The fraction of sp³-hybridized carbons (Fsp3) is 0.286. The minimum atomic E-state index is -3.78. The molecule has 0 fully saturated rings. The van der Waals surface area contributed by atoms with Crippen LogP contribution in [0.2, 0.25) is 0 Å². The van der Waals surface area contributed by atoms with Crippen molar-refractivity contribution < 1.29 is 12.8 Å². The van der Waals surface area contributed by atoms with E-state index in [2.05, 4.69) is 10.0 Å². The maximum absolute atomic E-state index is 13.8. The zero-order valence-corrected chi connectivity index (χ0v) is 13.7. The van der Waals surface area contributed by atoms with Crippen LogP contribution in [0.15, 0.2) is 28.5 Å². The predicted octanol–water partition coefficient (Wildman–Crippen LogP) is 3.02. The summed E-state index contributed by atoms with van der Waals surface area (Å²) in [7, 11) is -1.98. The van der Waals surface area contributed by atoms with Gasteiger partial charge in [-0.25, -0.2) is 12.8 Å². The quantitative estimate of drug-likeness (QED) is 0.887. The first-order valence-corrected chi connectivity index (χ1v) is 8.67. The number of sulfonamides is 1. The molecule has 0 aliphatic carbocycles. The Labute approximate surface area is 128 Å². The molecule has 0 spiro atoms. The molecular formula is C14H17FN2O2S2. The van der Waals surface area contributed by atoms with Gasteiger partial charge in [0.15, 0.2) is 0 Å². The molecule has 0 saturated heterocycles. The van der Waals surface area contributed by atoms with E-state index < -0.39 is 15.8 Å². The highest BCUT2D eigenvalue weighted by Gasteiger charge is 2.21. The molecule has 0 amide bonds. The molecule has 114 valence electrons. The van der Waals surface area contributed by atoms with Gasteiger partial charge in [-0.1, -0.05) is 12.1 Å². The van der Waals surface area contributed by atoms with Gasteiger partial charge in [0.2, 0.25) is 0 Å². The lowest BCUT2D eigenvalue weighted by Crippen LogP contribution is -2.13. The summed E-state index contributed by atoms with van der Waals surface area (Å²) in [6, 6.07) is 6.04. The van der Waals surface area contributed by atoms with Gasteiger partial charge in [0.1, 0.15) is 10.0 Å². The first-order valence-electron chi connectivity index (χ1n) is 6.37. The van der Waals surface area contributed by atoms with Gasteiger partial charge in [-0.3, -0.25) is 4.72 Å². The Morgan fingerprint density at radius 3 is 2.57 bits per heavy atom. The summed E-state index contributed by atoms with van der Waals surface area (Å²) in [5, 5.41) is 2.99. The number of thiophene rings is 1. The lowest BCUT2D eigenvalue weighted by molar-refractivity contribution is 0.600. The highest BCUT2D eigenvalue weighted by Crippen LogP contribution is 2.29. The van der Waals surface area contributed by atoms with Gasteiger partial charge in [0.25, 0.3) is 10.0 Å². The Morgan fingerprint density at radius 2 is 1.95 bits per heavy atom. The van der Waals surface area contributed by atoms with Crippen LogP contribution in [-0.4, -0.2) is 15.5 Å². The summed E-state index contributed by atoms with van der Waals surface area (Å²) in [5.41, 5.74) is 1.45. The number of rotatable bonds is 5. The van der Waals surface area contributed by atoms with Gasteiger partial charge >= 0.3 is 0 Å². The van der Waals surface area contributed by atoms with Gasteiger partial charge < -0.3 is 5.32 Å². The van der Waals surface area contributed by atoms with Crippen LogP contribution >= 0.6 is 11.3 Å². The third-order valence-electron chi connectivity index (χ3n) is 3.06. The Morgan fingerprint density at radius 1 is 1.24 bits per heavy atom. The van der Waals surface area contributed by atoms with Crippen LogP contribution in [-0.2, 0) is 16.6 Å². The lowest BCUT2D eigenvalue weighted by atomic mass is 10.2. The average molecular weight is 328 g/mol. The van der Waals surface area contributed by atoms with E-state index >= 15 is 0 Å². The van der Waals surface area contributed by atoms with E-state index in [1.54, 1.807) is 32.2 Å². The topological polar surface area (TPSA) is 58.2 Å². The monoisotopic (exact) mass is 328 g/mol. The zero-order chi connectivity index (χ0) is 15.6. The molecule has 0 saturated carbocycles. The van der Waals surface area contributed by atoms with Crippen molar-refractivity contribution in [2.45, 2.75) is 24.6 Å². The van der Waals surface area contributed by atoms with Crippen molar-refractivity contribution >= 4 is 27.0 Å². The van der Waals surface area contributed by atoms with Crippen LogP contribution in [0.4, 0.5) is 10.1 Å². The largest absolute Gasteiger partial charge is 0.315 e. The number of halogens is 1. The lowest BCUT2D eigenvalue weighted by Gasteiger charge is -2.10. The molecule has 2 N–H and O–H groups in total. The maximum atomic E-state index is 13.8. The molecule has 0 bridgehead atoms. The van der Waals surface area contributed by atoms with Crippen molar-refractivity contribution in [1.82, 2.24) is 5.32 Å². The van der Waals surface area contributed by atoms with Crippen LogP contribution in [0.1, 0.15) is 16.0 Å². The summed E-state index contributed by atoms with van der Waals surface area (Å²) in [6.07, 6.45) is 0. The van der Waals surface area contributed by atoms with Gasteiger partial charge in [-0.05, 0) is 44.2 Å². The smallest absolute Gasteiger partial charge is 0.271 e. The minimum absolute atomic E-state index is 0.00119. The SMILES string of the molecule is CNCc1sc(S(=O)(=O)Nc2c(C)cccc2F)cc1C. The van der Waals surface area contributed by atoms with Crippen molar-refractivity contribution in [3.05, 3.63) is 46.1 Å². The number of aryl methyl sites for hydroxylation is 2. The van der Waals surface area contributed by atoms with Crippen LogP contribution < -0.4 is 10.0 Å². The van der Waals surface area contributed by atoms with Gasteiger partial charge in [0.05, 0.1) is 5.69 Å². The molecule has 0 unspecified atom stereocenters. The summed E-state index contributed by atoms with van der Waals surface area (Å²) in [6.45, 7) is 4.12. The third kappa shape index (κ3) is 3.42. The highest BCUT2D eigenvalue weighted by molar-refractivity contribution is 7.94. The zero-order valence-electron chi connectivity index (χ0n) is 12.0. The molecular weight excluding hydrogens is 311 g/mol. The molecule has 2 aromatic rings. The second kappa shape index (κ2) is 6.13. The fourth-order valence-electron chi connectivity index (χ4n) is 1.90. The van der Waals surface area contributed by atoms with Crippen LogP contribution in [0.3, 0.4) is 0 Å². The van der Waals surface area contributed by atoms with Gasteiger partial charge in [0, 0.05) is 11.4 Å². The van der Waals surface area contributed by atoms with Crippen molar-refractivity contribution in [2.24, 2.45) is 0 Å². The molecule has 21 heavy (non-hydrogen) atoms. The standard InChI is InChI=1S/C14H17FN2O2S2/c1-9-5-4-6-11(15)14(9)17-21(18,19)13-7-10(2)12(20-13)8-16-3/h4-7,16-17H,8H2,1-3H3. The molecule has 7 heteroatoms. The van der Waals surface area contributed by atoms with E-state index in [1.165, 1.54) is 17.4 Å². The van der Waals surface area contributed by atoms with Crippen molar-refractivity contribution in [2.75, 3.05) is 11.8 Å². The maximum Gasteiger partial charge on any atom is 0.271 e. The average Bonchev–Trinajstić information content (AvgIpc) is 2.77. The number of nitrogens with one attached hydrogen (secondary N) is 2. The number of hydrogen-bond donors (Lipinski definition) is 2. The highest BCUT2D eigenvalue weighted by atomic mass is 32.2. The summed E-state index contributed by atoms with van der Waals surface area (Å²) in [4.78, 5) is 0.947. The van der Waals surface area contributed by atoms with Crippen LogP contribution in [0.5, 0.6) is 0 Å². The molecule has 1 heterocycles. The van der Waals surface area contributed by atoms with Gasteiger partial charge in [-0.15, -0.1) is 11.3 Å². The Hall–Kier alpha value is -1.44. The molecule has 0 aliphatic heterocycles.